The first-order valence-corrected chi connectivity index (χ1v) is 8.26. The van der Waals surface area contributed by atoms with Gasteiger partial charge in [-0.2, -0.15) is 0 Å². The van der Waals surface area contributed by atoms with Crippen molar-refractivity contribution in [3.8, 4) is 5.75 Å². The predicted molar refractivity (Wildman–Crippen MR) is 90.2 cm³/mol. The number of hydrogen-bond acceptors (Lipinski definition) is 8. The van der Waals surface area contributed by atoms with Crippen molar-refractivity contribution in [2.45, 2.75) is 19.3 Å². The maximum Gasteiger partial charge on any atom is 0.547 e. The number of aromatic nitrogens is 1. The van der Waals surface area contributed by atoms with E-state index in [9.17, 15) is 18.6 Å². The molecule has 1 aromatic carbocycles. The van der Waals surface area contributed by atoms with Gasteiger partial charge in [0, 0.05) is 10.9 Å². The van der Waals surface area contributed by atoms with Gasteiger partial charge >= 0.3 is 7.12 Å². The van der Waals surface area contributed by atoms with Gasteiger partial charge in [-0.3, -0.25) is 4.79 Å². The summed E-state index contributed by atoms with van der Waals surface area (Å²) >= 11 is 1.05. The molecule has 1 aliphatic heterocycles. The lowest BCUT2D eigenvalue weighted by Gasteiger charge is -2.29. The molecule has 0 bridgehead atoms. The van der Waals surface area contributed by atoms with Crippen LogP contribution in [0.2, 0.25) is 0 Å². The van der Waals surface area contributed by atoms with Crippen LogP contribution in [0.4, 0.5) is 13.9 Å². The molecule has 2 aromatic rings. The normalized spacial score (nSPS) is 16.8. The average Bonchev–Trinajstić information content (AvgIpc) is 3.01. The Hall–Kier alpha value is -2.73. The number of fused-ring (bicyclic) bond motifs is 1. The molecule has 1 atom stereocenters. The summed E-state index contributed by atoms with van der Waals surface area (Å²) in [5.74, 6) is -3.90. The summed E-state index contributed by atoms with van der Waals surface area (Å²) in [6, 6.07) is 0.949. The summed E-state index contributed by atoms with van der Waals surface area (Å²) in [6.45, 7) is 1.33. The van der Waals surface area contributed by atoms with Crippen LogP contribution in [0.1, 0.15) is 16.8 Å². The molecule has 0 saturated carbocycles. The van der Waals surface area contributed by atoms with Crippen LogP contribution in [0.5, 0.6) is 5.75 Å². The van der Waals surface area contributed by atoms with E-state index in [1.807, 2.05) is 0 Å². The lowest BCUT2D eigenvalue weighted by molar-refractivity contribution is -0.115. The van der Waals surface area contributed by atoms with E-state index in [0.717, 1.165) is 17.4 Å². The molecule has 0 radical (unpaired) electrons. The number of hydrogen-bond donors (Lipinski definition) is 4. The predicted octanol–water partition coefficient (Wildman–Crippen LogP) is 0.630. The summed E-state index contributed by atoms with van der Waals surface area (Å²) in [7, 11) is -1.50. The van der Waals surface area contributed by atoms with Crippen LogP contribution in [0.25, 0.3) is 0 Å². The highest BCUT2D eigenvalue weighted by Crippen LogP contribution is 2.32. The summed E-state index contributed by atoms with van der Waals surface area (Å²) in [4.78, 5) is 16.2. The minimum atomic E-state index is -1.50. The monoisotopic (exact) mass is 382 g/mol. The third kappa shape index (κ3) is 3.20. The fourth-order valence-electron chi connectivity index (χ4n) is 2.63. The molecule has 3 rings (SSSR count). The Morgan fingerprint density at radius 1 is 1.58 bits per heavy atom. The second kappa shape index (κ2) is 6.88. The first-order valence-electron chi connectivity index (χ1n) is 7.38. The summed E-state index contributed by atoms with van der Waals surface area (Å²) in [5, 5.41) is 26.1. The van der Waals surface area contributed by atoms with Crippen molar-refractivity contribution in [3.63, 3.8) is 0 Å². The van der Waals surface area contributed by atoms with Crippen LogP contribution in [0.3, 0.4) is 0 Å². The van der Waals surface area contributed by atoms with Crippen LogP contribution in [-0.4, -0.2) is 39.9 Å². The number of oxime groups is 1. The number of amides is 1. The van der Waals surface area contributed by atoms with E-state index in [4.69, 9.17) is 15.6 Å². The van der Waals surface area contributed by atoms with Crippen LogP contribution in [0.15, 0.2) is 16.6 Å². The molecule has 26 heavy (non-hydrogen) atoms. The number of carbonyl (C=O) groups excluding carboxylic acids is 1. The van der Waals surface area contributed by atoms with Gasteiger partial charge in [-0.15, -0.1) is 11.3 Å². The Morgan fingerprint density at radius 2 is 2.31 bits per heavy atom. The molecular weight excluding hydrogens is 369 g/mol. The van der Waals surface area contributed by atoms with Gasteiger partial charge in [0.15, 0.2) is 22.5 Å². The van der Waals surface area contributed by atoms with Gasteiger partial charge in [0.25, 0.3) is 5.91 Å². The van der Waals surface area contributed by atoms with Gasteiger partial charge in [0.2, 0.25) is 0 Å². The second-order valence-corrected chi connectivity index (χ2v) is 6.49. The molecule has 1 aliphatic rings. The third-order valence-electron chi connectivity index (χ3n) is 3.89. The molecular formula is C14H13BF2N4O4S. The standard InChI is InChI=1S/C14H13BF2N4O4S/c1-5-10(17)7(16)2-6-3-9(15(23)25-12(5)6)20-13(22)11(21-24)8-4-26-14(18)19-8/h2,4,9,23-24H,3H2,1H3,(H2,18,19)(H,20,22)/b21-11-/t9-/m0/s1. The Labute approximate surface area is 150 Å². The van der Waals surface area contributed by atoms with Gasteiger partial charge < -0.3 is 25.9 Å². The van der Waals surface area contributed by atoms with Gasteiger partial charge in [-0.05, 0) is 25.0 Å². The maximum atomic E-state index is 13.6. The van der Waals surface area contributed by atoms with Crippen LogP contribution in [0, 0.1) is 18.6 Å². The highest BCUT2D eigenvalue weighted by atomic mass is 32.1. The topological polar surface area (TPSA) is 130 Å². The number of anilines is 1. The smallest absolute Gasteiger partial charge is 0.534 e. The zero-order valence-electron chi connectivity index (χ0n) is 13.4. The fourth-order valence-corrected chi connectivity index (χ4v) is 3.17. The van der Waals surface area contributed by atoms with Gasteiger partial charge in [0.1, 0.15) is 11.4 Å². The first-order chi connectivity index (χ1) is 12.3. The van der Waals surface area contributed by atoms with Gasteiger partial charge in [0.05, 0.1) is 5.94 Å². The molecule has 2 heterocycles. The molecule has 1 amide bonds. The first kappa shape index (κ1) is 18.1. The molecule has 0 fully saturated rings. The third-order valence-corrected chi connectivity index (χ3v) is 4.56. The van der Waals surface area contributed by atoms with Crippen molar-refractivity contribution < 1.29 is 28.5 Å². The number of halogens is 2. The molecule has 0 unspecified atom stereocenters. The SMILES string of the molecule is Cc1c(F)c(F)cc2c1OB(O)[C@@H](NC(=O)/C(=N\O)c1csc(N)n1)C2. The minimum absolute atomic E-state index is 0.0157. The van der Waals surface area contributed by atoms with E-state index >= 15 is 0 Å². The molecule has 12 heteroatoms. The number of rotatable bonds is 3. The number of carbonyl (C=O) groups is 1. The molecule has 0 saturated heterocycles. The molecule has 1 aromatic heterocycles. The number of thiazole rings is 1. The Morgan fingerprint density at radius 3 is 2.92 bits per heavy atom. The molecule has 8 nitrogen and oxygen atoms in total. The number of nitrogen functional groups attached to an aromatic ring is 1. The van der Waals surface area contributed by atoms with E-state index < -0.39 is 36.3 Å². The lowest BCUT2D eigenvalue weighted by Crippen LogP contribution is -2.54. The Kier molecular flexibility index (Phi) is 4.79. The van der Waals surface area contributed by atoms with Crippen LogP contribution >= 0.6 is 11.3 Å². The zero-order valence-corrected chi connectivity index (χ0v) is 14.2. The lowest BCUT2D eigenvalue weighted by atomic mass is 9.72. The van der Waals surface area contributed by atoms with Crippen molar-refractivity contribution in [2.24, 2.45) is 5.16 Å². The Bertz CT molecular complexity index is 907. The van der Waals surface area contributed by atoms with Crippen LogP contribution in [-0.2, 0) is 11.2 Å². The number of benzene rings is 1. The number of nitrogens with zero attached hydrogens (tertiary/aromatic N) is 2. The number of nitrogens with one attached hydrogen (secondary N) is 1. The average molecular weight is 382 g/mol. The van der Waals surface area contributed by atoms with Crippen molar-refractivity contribution in [1.29, 1.82) is 0 Å². The van der Waals surface area contributed by atoms with E-state index in [-0.39, 0.29) is 34.1 Å². The zero-order chi connectivity index (χ0) is 19.0. The minimum Gasteiger partial charge on any atom is -0.534 e. The van der Waals surface area contributed by atoms with Crippen molar-refractivity contribution in [1.82, 2.24) is 10.3 Å². The summed E-state index contributed by atoms with van der Waals surface area (Å²) < 4.78 is 32.5. The fraction of sp³-hybridized carbons (Fsp3) is 0.214. The van der Waals surface area contributed by atoms with Crippen molar-refractivity contribution in [2.75, 3.05) is 5.73 Å². The summed E-state index contributed by atoms with van der Waals surface area (Å²) in [5.41, 5.74) is 5.36. The van der Waals surface area contributed by atoms with Gasteiger partial charge in [-0.25, -0.2) is 13.8 Å². The highest BCUT2D eigenvalue weighted by molar-refractivity contribution is 7.13. The second-order valence-electron chi connectivity index (χ2n) is 5.60. The maximum absolute atomic E-state index is 13.6. The van der Waals surface area contributed by atoms with Crippen LogP contribution < -0.4 is 15.7 Å². The largest absolute Gasteiger partial charge is 0.547 e. The van der Waals surface area contributed by atoms with E-state index in [1.54, 1.807) is 0 Å². The van der Waals surface area contributed by atoms with E-state index in [1.165, 1.54) is 12.3 Å². The molecule has 0 aliphatic carbocycles. The van der Waals surface area contributed by atoms with Crippen molar-refractivity contribution >= 4 is 35.2 Å². The number of nitrogens with two attached hydrogens (primary N) is 1. The van der Waals surface area contributed by atoms with Gasteiger partial charge in [-0.1, -0.05) is 5.16 Å². The molecule has 136 valence electrons. The van der Waals surface area contributed by atoms with E-state index in [0.29, 0.717) is 0 Å². The summed E-state index contributed by atoms with van der Waals surface area (Å²) in [6.07, 6.45) is -0.0157. The Balaban J connectivity index is 1.81. The molecule has 0 spiro atoms. The quantitative estimate of drug-likeness (QED) is 0.267. The van der Waals surface area contributed by atoms with E-state index in [2.05, 4.69) is 15.5 Å². The highest BCUT2D eigenvalue weighted by Gasteiger charge is 2.38. The van der Waals surface area contributed by atoms with Crippen molar-refractivity contribution in [3.05, 3.63) is 39.9 Å². The molecule has 5 N–H and O–H groups in total.